The molecule has 1 heterocycles. The molecule has 2 rings (SSSR count). The van der Waals surface area contributed by atoms with E-state index in [0.29, 0.717) is 21.3 Å². The van der Waals surface area contributed by atoms with Gasteiger partial charge in [0.2, 0.25) is 0 Å². The zero-order valence-corrected chi connectivity index (χ0v) is 13.2. The Morgan fingerprint density at radius 1 is 1.40 bits per heavy atom. The van der Waals surface area contributed by atoms with Gasteiger partial charge in [-0.3, -0.25) is 4.79 Å². The number of carbonyl (C=O) groups is 1. The lowest BCUT2D eigenvalue weighted by molar-refractivity contribution is 0.103. The van der Waals surface area contributed by atoms with Crippen molar-refractivity contribution in [2.75, 3.05) is 12.4 Å². The molecule has 5 heteroatoms. The second-order valence-corrected chi connectivity index (χ2v) is 6.01. The summed E-state index contributed by atoms with van der Waals surface area (Å²) in [5, 5.41) is 3.32. The number of amides is 1. The van der Waals surface area contributed by atoms with Gasteiger partial charge in [0.05, 0.1) is 17.0 Å². The first-order valence-electron chi connectivity index (χ1n) is 6.29. The van der Waals surface area contributed by atoms with E-state index < -0.39 is 0 Å². The van der Waals surface area contributed by atoms with E-state index in [0.717, 1.165) is 6.42 Å². The molecule has 0 saturated carbocycles. The lowest BCUT2D eigenvalue weighted by atomic mass is 10.2. The third kappa shape index (κ3) is 3.14. The number of hydrogen-bond acceptors (Lipinski definition) is 3. The van der Waals surface area contributed by atoms with Crippen LogP contribution >= 0.6 is 22.9 Å². The predicted octanol–water partition coefficient (Wildman–Crippen LogP) is 4.53. The van der Waals surface area contributed by atoms with Crippen molar-refractivity contribution >= 4 is 34.5 Å². The third-order valence-electron chi connectivity index (χ3n) is 3.03. The second kappa shape index (κ2) is 6.29. The van der Waals surface area contributed by atoms with E-state index >= 15 is 0 Å². The zero-order valence-electron chi connectivity index (χ0n) is 11.6. The standard InChI is InChI=1S/C15H16ClNO2S/c1-4-10-7-14(20-9(10)2)15(18)17-11-5-6-13(19-3)12(16)8-11/h5-8H,4H2,1-3H3,(H,17,18). The van der Waals surface area contributed by atoms with Crippen LogP contribution in [0.5, 0.6) is 5.75 Å². The van der Waals surface area contributed by atoms with Crippen LogP contribution in [0.3, 0.4) is 0 Å². The molecule has 0 fully saturated rings. The summed E-state index contributed by atoms with van der Waals surface area (Å²) in [4.78, 5) is 14.1. The number of benzene rings is 1. The Balaban J connectivity index is 2.16. The summed E-state index contributed by atoms with van der Waals surface area (Å²) in [6.07, 6.45) is 0.935. The first kappa shape index (κ1) is 14.9. The average molecular weight is 310 g/mol. The topological polar surface area (TPSA) is 38.3 Å². The maximum absolute atomic E-state index is 12.2. The molecule has 3 nitrogen and oxygen atoms in total. The van der Waals surface area contributed by atoms with Crippen molar-refractivity contribution in [1.82, 2.24) is 0 Å². The lowest BCUT2D eigenvalue weighted by Gasteiger charge is -2.07. The molecule has 106 valence electrons. The van der Waals surface area contributed by atoms with Gasteiger partial charge in [-0.1, -0.05) is 18.5 Å². The molecule has 0 bridgehead atoms. The summed E-state index contributed by atoms with van der Waals surface area (Å²) in [5.41, 5.74) is 1.87. The van der Waals surface area contributed by atoms with Gasteiger partial charge in [0.25, 0.3) is 5.91 Å². The van der Waals surface area contributed by atoms with Crippen LogP contribution < -0.4 is 10.1 Å². The molecule has 1 N–H and O–H groups in total. The van der Waals surface area contributed by atoms with Gasteiger partial charge in [0.1, 0.15) is 5.75 Å². The number of methoxy groups -OCH3 is 1. The Bertz CT molecular complexity index is 637. The molecule has 0 aliphatic carbocycles. The number of aryl methyl sites for hydroxylation is 2. The fourth-order valence-corrected chi connectivity index (χ4v) is 3.19. The molecule has 2 aromatic rings. The largest absolute Gasteiger partial charge is 0.495 e. The highest BCUT2D eigenvalue weighted by Crippen LogP contribution is 2.28. The van der Waals surface area contributed by atoms with Crippen molar-refractivity contribution in [2.24, 2.45) is 0 Å². The van der Waals surface area contributed by atoms with E-state index in [4.69, 9.17) is 16.3 Å². The molecule has 1 amide bonds. The van der Waals surface area contributed by atoms with Gasteiger partial charge in [-0.15, -0.1) is 11.3 Å². The summed E-state index contributed by atoms with van der Waals surface area (Å²) in [6.45, 7) is 4.12. The normalized spacial score (nSPS) is 10.4. The summed E-state index contributed by atoms with van der Waals surface area (Å²) in [7, 11) is 1.56. The Kier molecular flexibility index (Phi) is 4.68. The molecule has 0 atom stereocenters. The van der Waals surface area contributed by atoms with E-state index in [1.165, 1.54) is 21.8 Å². The van der Waals surface area contributed by atoms with E-state index in [2.05, 4.69) is 12.2 Å². The first-order chi connectivity index (χ1) is 9.55. The monoisotopic (exact) mass is 309 g/mol. The molecule has 0 saturated heterocycles. The van der Waals surface area contributed by atoms with E-state index in [1.807, 2.05) is 13.0 Å². The van der Waals surface area contributed by atoms with Crippen LogP contribution in [0.25, 0.3) is 0 Å². The van der Waals surface area contributed by atoms with Crippen LogP contribution in [-0.4, -0.2) is 13.0 Å². The van der Waals surface area contributed by atoms with Crippen LogP contribution in [0, 0.1) is 6.92 Å². The number of halogens is 1. The Hall–Kier alpha value is -1.52. The number of nitrogens with one attached hydrogen (secondary N) is 1. The number of rotatable bonds is 4. The van der Waals surface area contributed by atoms with Gasteiger partial charge in [-0.05, 0) is 43.2 Å². The van der Waals surface area contributed by atoms with Crippen LogP contribution in [0.2, 0.25) is 5.02 Å². The summed E-state index contributed by atoms with van der Waals surface area (Å²) in [6, 6.07) is 7.12. The van der Waals surface area contributed by atoms with E-state index in [1.54, 1.807) is 25.3 Å². The molecule has 20 heavy (non-hydrogen) atoms. The van der Waals surface area contributed by atoms with Crippen LogP contribution in [0.4, 0.5) is 5.69 Å². The molecule has 0 aliphatic rings. The third-order valence-corrected chi connectivity index (χ3v) is 4.42. The molecular formula is C15H16ClNO2S. The van der Waals surface area contributed by atoms with Crippen LogP contribution in [0.15, 0.2) is 24.3 Å². The predicted molar refractivity (Wildman–Crippen MR) is 84.4 cm³/mol. The zero-order chi connectivity index (χ0) is 14.7. The maximum Gasteiger partial charge on any atom is 0.265 e. The van der Waals surface area contributed by atoms with Gasteiger partial charge >= 0.3 is 0 Å². The number of thiophene rings is 1. The number of hydrogen-bond donors (Lipinski definition) is 1. The van der Waals surface area contributed by atoms with Gasteiger partial charge in [0.15, 0.2) is 0 Å². The number of carbonyl (C=O) groups excluding carboxylic acids is 1. The quantitative estimate of drug-likeness (QED) is 0.901. The van der Waals surface area contributed by atoms with E-state index in [-0.39, 0.29) is 5.91 Å². The minimum atomic E-state index is -0.112. The highest BCUT2D eigenvalue weighted by atomic mass is 35.5. The second-order valence-electron chi connectivity index (χ2n) is 4.35. The molecule has 0 aliphatic heterocycles. The molecule has 0 radical (unpaired) electrons. The van der Waals surface area contributed by atoms with Crippen molar-refractivity contribution in [3.05, 3.63) is 44.6 Å². The van der Waals surface area contributed by atoms with Crippen molar-refractivity contribution in [3.8, 4) is 5.75 Å². The molecule has 1 aromatic carbocycles. The van der Waals surface area contributed by atoms with Gasteiger partial charge in [-0.25, -0.2) is 0 Å². The molecule has 0 unspecified atom stereocenters. The van der Waals surface area contributed by atoms with Crippen molar-refractivity contribution in [1.29, 1.82) is 0 Å². The average Bonchev–Trinajstić information content (AvgIpc) is 2.80. The Morgan fingerprint density at radius 3 is 2.70 bits per heavy atom. The van der Waals surface area contributed by atoms with Crippen LogP contribution in [0.1, 0.15) is 27.0 Å². The van der Waals surface area contributed by atoms with Crippen molar-refractivity contribution in [2.45, 2.75) is 20.3 Å². The highest BCUT2D eigenvalue weighted by Gasteiger charge is 2.12. The molecular weight excluding hydrogens is 294 g/mol. The summed E-state index contributed by atoms with van der Waals surface area (Å²) in [5.74, 6) is 0.476. The maximum atomic E-state index is 12.2. The first-order valence-corrected chi connectivity index (χ1v) is 7.48. The van der Waals surface area contributed by atoms with Gasteiger partial charge < -0.3 is 10.1 Å². The number of anilines is 1. The molecule has 1 aromatic heterocycles. The van der Waals surface area contributed by atoms with Crippen LogP contribution in [-0.2, 0) is 6.42 Å². The Labute approximate surface area is 127 Å². The summed E-state index contributed by atoms with van der Waals surface area (Å²) < 4.78 is 5.08. The highest BCUT2D eigenvalue weighted by molar-refractivity contribution is 7.14. The fraction of sp³-hybridized carbons (Fsp3) is 0.267. The van der Waals surface area contributed by atoms with Gasteiger partial charge in [-0.2, -0.15) is 0 Å². The minimum absolute atomic E-state index is 0.112. The lowest BCUT2D eigenvalue weighted by Crippen LogP contribution is -2.10. The van der Waals surface area contributed by atoms with Gasteiger partial charge in [0, 0.05) is 10.6 Å². The van der Waals surface area contributed by atoms with Crippen molar-refractivity contribution < 1.29 is 9.53 Å². The fourth-order valence-electron chi connectivity index (χ4n) is 1.92. The van der Waals surface area contributed by atoms with Crippen molar-refractivity contribution in [3.63, 3.8) is 0 Å². The minimum Gasteiger partial charge on any atom is -0.495 e. The Morgan fingerprint density at radius 2 is 2.15 bits per heavy atom. The number of ether oxygens (including phenoxy) is 1. The van der Waals surface area contributed by atoms with E-state index in [9.17, 15) is 4.79 Å². The molecule has 0 spiro atoms. The summed E-state index contributed by atoms with van der Waals surface area (Å²) >= 11 is 7.55. The smallest absolute Gasteiger partial charge is 0.265 e. The SMILES string of the molecule is CCc1cc(C(=O)Nc2ccc(OC)c(Cl)c2)sc1C.